The number of rotatable bonds is 2. The number of nitrogens with zero attached hydrogens (tertiary/aromatic N) is 1. The second kappa shape index (κ2) is 5.53. The van der Waals surface area contributed by atoms with Crippen molar-refractivity contribution in [3.05, 3.63) is 28.8 Å². The third-order valence-corrected chi connectivity index (χ3v) is 3.71. The maximum atomic E-state index is 12.3. The molecule has 5 nitrogen and oxygen atoms in total. The number of urea groups is 1. The van der Waals surface area contributed by atoms with Crippen LogP contribution in [0.5, 0.6) is 0 Å². The molecule has 1 atom stereocenters. The molecule has 0 spiro atoms. The molecule has 0 aromatic heterocycles. The number of anilines is 1. The molecule has 2 amide bonds. The number of aliphatic carboxylic acids is 1. The fourth-order valence-corrected chi connectivity index (χ4v) is 2.82. The van der Waals surface area contributed by atoms with Crippen LogP contribution in [0, 0.1) is 20.8 Å². The summed E-state index contributed by atoms with van der Waals surface area (Å²) >= 11 is 0. The number of hydrogen-bond acceptors (Lipinski definition) is 2. The lowest BCUT2D eigenvalue weighted by Crippen LogP contribution is -2.43. The molecular formula is C15H20N2O3. The Kier molecular flexibility index (Phi) is 3.97. The number of benzene rings is 1. The summed E-state index contributed by atoms with van der Waals surface area (Å²) in [6, 6.07) is 2.97. The number of hydrogen-bond donors (Lipinski definition) is 2. The lowest BCUT2D eigenvalue weighted by Gasteiger charge is -2.23. The molecule has 1 aliphatic heterocycles. The Morgan fingerprint density at radius 1 is 1.25 bits per heavy atom. The summed E-state index contributed by atoms with van der Waals surface area (Å²) in [5, 5.41) is 12.0. The molecule has 5 heteroatoms. The van der Waals surface area contributed by atoms with Crippen molar-refractivity contribution in [2.24, 2.45) is 0 Å². The van der Waals surface area contributed by atoms with E-state index in [0.29, 0.717) is 13.0 Å². The molecule has 108 valence electrons. The van der Waals surface area contributed by atoms with Gasteiger partial charge in [0.25, 0.3) is 0 Å². The minimum absolute atomic E-state index is 0.329. The second-order valence-electron chi connectivity index (χ2n) is 5.39. The molecule has 1 aromatic rings. The lowest BCUT2D eigenvalue weighted by molar-refractivity contribution is -0.141. The van der Waals surface area contributed by atoms with Crippen LogP contribution in [0.4, 0.5) is 10.5 Å². The molecule has 1 fully saturated rings. The van der Waals surface area contributed by atoms with Crippen LogP contribution in [0.3, 0.4) is 0 Å². The van der Waals surface area contributed by atoms with Crippen molar-refractivity contribution in [1.29, 1.82) is 0 Å². The van der Waals surface area contributed by atoms with Gasteiger partial charge >= 0.3 is 12.0 Å². The van der Waals surface area contributed by atoms with Gasteiger partial charge in [-0.2, -0.15) is 0 Å². The highest BCUT2D eigenvalue weighted by atomic mass is 16.4. The molecular weight excluding hydrogens is 256 g/mol. The summed E-state index contributed by atoms with van der Waals surface area (Å²) in [7, 11) is 0. The molecule has 20 heavy (non-hydrogen) atoms. The van der Waals surface area contributed by atoms with Gasteiger partial charge in [0.15, 0.2) is 0 Å². The number of amides is 2. The molecule has 1 aliphatic rings. The zero-order valence-electron chi connectivity index (χ0n) is 12.1. The van der Waals surface area contributed by atoms with Gasteiger partial charge < -0.3 is 15.3 Å². The van der Waals surface area contributed by atoms with Crippen molar-refractivity contribution >= 4 is 17.7 Å². The van der Waals surface area contributed by atoms with Crippen LogP contribution in [0.25, 0.3) is 0 Å². The molecule has 0 unspecified atom stereocenters. The van der Waals surface area contributed by atoms with Crippen molar-refractivity contribution in [3.8, 4) is 0 Å². The smallest absolute Gasteiger partial charge is 0.326 e. The predicted molar refractivity (Wildman–Crippen MR) is 77.0 cm³/mol. The van der Waals surface area contributed by atoms with E-state index in [1.807, 2.05) is 32.9 Å². The molecule has 0 aliphatic carbocycles. The highest BCUT2D eigenvalue weighted by molar-refractivity contribution is 5.94. The molecule has 2 N–H and O–H groups in total. The molecule has 0 bridgehead atoms. The van der Waals surface area contributed by atoms with E-state index in [1.165, 1.54) is 4.90 Å². The lowest BCUT2D eigenvalue weighted by atomic mass is 10.1. The minimum atomic E-state index is -0.935. The van der Waals surface area contributed by atoms with Crippen LogP contribution in [-0.4, -0.2) is 34.6 Å². The van der Waals surface area contributed by atoms with Gasteiger partial charge in [-0.25, -0.2) is 9.59 Å². The first-order chi connectivity index (χ1) is 9.40. The van der Waals surface area contributed by atoms with E-state index in [1.54, 1.807) is 0 Å². The maximum absolute atomic E-state index is 12.3. The normalized spacial score (nSPS) is 18.1. The summed E-state index contributed by atoms with van der Waals surface area (Å²) in [5.74, 6) is -0.935. The third-order valence-electron chi connectivity index (χ3n) is 3.71. The molecule has 2 rings (SSSR count). The van der Waals surface area contributed by atoms with Crippen molar-refractivity contribution in [2.45, 2.75) is 39.7 Å². The SMILES string of the molecule is Cc1cc(C)c(NC(=O)N2CCC[C@H]2C(=O)O)c(C)c1. The van der Waals surface area contributed by atoms with Gasteiger partial charge in [-0.1, -0.05) is 17.7 Å². The average molecular weight is 276 g/mol. The van der Waals surface area contributed by atoms with Gasteiger partial charge in [0.05, 0.1) is 0 Å². The van der Waals surface area contributed by atoms with E-state index in [9.17, 15) is 9.59 Å². The first-order valence-electron chi connectivity index (χ1n) is 6.78. The van der Waals surface area contributed by atoms with Gasteiger partial charge in [-0.05, 0) is 44.7 Å². The Morgan fingerprint density at radius 3 is 2.40 bits per heavy atom. The first-order valence-corrected chi connectivity index (χ1v) is 6.78. The summed E-state index contributed by atoms with van der Waals surface area (Å²) < 4.78 is 0. The first kappa shape index (κ1) is 14.4. The highest BCUT2D eigenvalue weighted by Crippen LogP contribution is 2.24. The van der Waals surface area contributed by atoms with Crippen molar-refractivity contribution < 1.29 is 14.7 Å². The van der Waals surface area contributed by atoms with E-state index in [4.69, 9.17) is 5.11 Å². The second-order valence-corrected chi connectivity index (χ2v) is 5.39. The number of likely N-dealkylation sites (tertiary alicyclic amines) is 1. The topological polar surface area (TPSA) is 69.6 Å². The van der Waals surface area contributed by atoms with Gasteiger partial charge in [0.1, 0.15) is 6.04 Å². The third kappa shape index (κ3) is 2.76. The summed E-state index contributed by atoms with van der Waals surface area (Å²) in [5.41, 5.74) is 3.89. The van der Waals surface area contributed by atoms with Gasteiger partial charge in [0.2, 0.25) is 0 Å². The molecule has 1 heterocycles. The molecule has 0 saturated carbocycles. The van der Waals surface area contributed by atoms with E-state index >= 15 is 0 Å². The largest absolute Gasteiger partial charge is 0.480 e. The number of aryl methyl sites for hydroxylation is 3. The minimum Gasteiger partial charge on any atom is -0.480 e. The Labute approximate surface area is 118 Å². The summed E-state index contributed by atoms with van der Waals surface area (Å²) in [6.45, 7) is 6.38. The van der Waals surface area contributed by atoms with Crippen molar-refractivity contribution in [2.75, 3.05) is 11.9 Å². The number of carboxylic acids is 1. The zero-order valence-corrected chi connectivity index (χ0v) is 12.1. The van der Waals surface area contributed by atoms with E-state index in [0.717, 1.165) is 28.8 Å². The van der Waals surface area contributed by atoms with E-state index in [-0.39, 0.29) is 6.03 Å². The van der Waals surface area contributed by atoms with Crippen molar-refractivity contribution in [3.63, 3.8) is 0 Å². The quantitative estimate of drug-likeness (QED) is 0.872. The molecule has 0 radical (unpaired) electrons. The Morgan fingerprint density at radius 2 is 1.85 bits per heavy atom. The Hall–Kier alpha value is -2.04. The monoisotopic (exact) mass is 276 g/mol. The molecule has 1 saturated heterocycles. The highest BCUT2D eigenvalue weighted by Gasteiger charge is 2.34. The van der Waals surface area contributed by atoms with Crippen LogP contribution < -0.4 is 5.32 Å². The van der Waals surface area contributed by atoms with Gasteiger partial charge in [0, 0.05) is 12.2 Å². The van der Waals surface area contributed by atoms with Crippen molar-refractivity contribution in [1.82, 2.24) is 4.90 Å². The summed E-state index contributed by atoms with van der Waals surface area (Å²) in [6.07, 6.45) is 1.25. The fourth-order valence-electron chi connectivity index (χ4n) is 2.82. The van der Waals surface area contributed by atoms with E-state index in [2.05, 4.69) is 5.32 Å². The Bertz CT molecular complexity index is 531. The van der Waals surface area contributed by atoms with Crippen LogP contribution in [0.1, 0.15) is 29.5 Å². The summed E-state index contributed by atoms with van der Waals surface area (Å²) in [4.78, 5) is 24.8. The van der Waals surface area contributed by atoms with Gasteiger partial charge in [-0.3, -0.25) is 0 Å². The Balaban J connectivity index is 2.18. The van der Waals surface area contributed by atoms with Gasteiger partial charge in [-0.15, -0.1) is 0 Å². The number of carboxylic acid groups (broad SMARTS) is 1. The maximum Gasteiger partial charge on any atom is 0.326 e. The molecule has 1 aromatic carbocycles. The van der Waals surface area contributed by atoms with E-state index < -0.39 is 12.0 Å². The van der Waals surface area contributed by atoms with Crippen LogP contribution in [0.2, 0.25) is 0 Å². The standard InChI is InChI=1S/C15H20N2O3/c1-9-7-10(2)13(11(3)8-9)16-15(20)17-6-4-5-12(17)14(18)19/h7-8,12H,4-6H2,1-3H3,(H,16,20)(H,18,19)/t12-/m0/s1. The van der Waals surface area contributed by atoms with Crippen LogP contribution in [0.15, 0.2) is 12.1 Å². The predicted octanol–water partition coefficient (Wildman–Crippen LogP) is 2.69. The fraction of sp³-hybridized carbons (Fsp3) is 0.467. The number of carbonyl (C=O) groups excluding carboxylic acids is 1. The van der Waals surface area contributed by atoms with Crippen LogP contribution in [-0.2, 0) is 4.79 Å². The number of carbonyl (C=O) groups is 2. The zero-order chi connectivity index (χ0) is 14.9. The van der Waals surface area contributed by atoms with Crippen LogP contribution >= 0.6 is 0 Å². The number of nitrogens with one attached hydrogen (secondary N) is 1. The average Bonchev–Trinajstić information content (AvgIpc) is 2.82.